The zero-order chi connectivity index (χ0) is 27.2. The number of benzene rings is 2. The average molecular weight is 510 g/mol. The van der Waals surface area contributed by atoms with E-state index in [1.54, 1.807) is 60.8 Å². The first-order valence-electron chi connectivity index (χ1n) is 11.4. The van der Waals surface area contributed by atoms with Crippen molar-refractivity contribution in [3.8, 4) is 6.07 Å². The third-order valence-electron chi connectivity index (χ3n) is 5.92. The zero-order valence-corrected chi connectivity index (χ0v) is 20.5. The number of allylic oxidation sites excluding steroid dienone is 1. The van der Waals surface area contributed by atoms with E-state index in [1.165, 1.54) is 37.4 Å². The molecule has 1 atom stereocenters. The fourth-order valence-electron chi connectivity index (χ4n) is 4.18. The van der Waals surface area contributed by atoms with Crippen LogP contribution in [-0.2, 0) is 19.1 Å². The van der Waals surface area contributed by atoms with Crippen LogP contribution in [0.2, 0.25) is 0 Å². The Morgan fingerprint density at radius 2 is 1.66 bits per heavy atom. The number of carbonyl (C=O) groups excluding carboxylic acids is 3. The molecule has 1 aromatic heterocycles. The van der Waals surface area contributed by atoms with E-state index < -0.39 is 17.9 Å². The Kier molecular flexibility index (Phi) is 7.49. The lowest BCUT2D eigenvalue weighted by atomic mass is 9.81. The molecule has 1 aliphatic rings. The van der Waals surface area contributed by atoms with Gasteiger partial charge in [0.05, 0.1) is 49.2 Å². The van der Waals surface area contributed by atoms with Crippen LogP contribution < -0.4 is 16.0 Å². The number of anilines is 2. The molecule has 2 heterocycles. The second-order valence-electron chi connectivity index (χ2n) is 8.08. The number of methoxy groups -OCH3 is 2. The van der Waals surface area contributed by atoms with Crippen molar-refractivity contribution >= 4 is 29.2 Å². The van der Waals surface area contributed by atoms with E-state index in [0.29, 0.717) is 22.5 Å². The fraction of sp³-hybridized carbons (Fsp3) is 0.107. The van der Waals surface area contributed by atoms with Gasteiger partial charge in [0, 0.05) is 17.4 Å². The van der Waals surface area contributed by atoms with Gasteiger partial charge in [-0.3, -0.25) is 14.7 Å². The number of nitrogens with zero attached hydrogens (tertiary/aromatic N) is 3. The summed E-state index contributed by atoms with van der Waals surface area (Å²) in [5, 5.41) is 12.8. The van der Waals surface area contributed by atoms with Gasteiger partial charge in [-0.1, -0.05) is 30.3 Å². The van der Waals surface area contributed by atoms with Crippen LogP contribution in [-0.4, -0.2) is 37.0 Å². The second kappa shape index (κ2) is 11.1. The Bertz CT molecular complexity index is 1480. The van der Waals surface area contributed by atoms with Gasteiger partial charge in [-0.15, -0.1) is 0 Å². The van der Waals surface area contributed by atoms with Crippen molar-refractivity contribution in [1.82, 2.24) is 4.98 Å². The summed E-state index contributed by atoms with van der Waals surface area (Å²) in [7, 11) is 2.35. The quantitative estimate of drug-likeness (QED) is 0.478. The first kappa shape index (κ1) is 25.7. The number of carbonyl (C=O) groups is 3. The molecule has 2 aromatic carbocycles. The Hall–Kier alpha value is -5.43. The molecule has 10 nitrogen and oxygen atoms in total. The van der Waals surface area contributed by atoms with Crippen LogP contribution in [0.3, 0.4) is 0 Å². The highest BCUT2D eigenvalue weighted by molar-refractivity contribution is 6.07. The van der Waals surface area contributed by atoms with Crippen molar-refractivity contribution in [2.45, 2.75) is 5.92 Å². The van der Waals surface area contributed by atoms with Crippen LogP contribution in [0, 0.1) is 11.3 Å². The summed E-state index contributed by atoms with van der Waals surface area (Å²) in [6.07, 6.45) is 3.10. The molecule has 1 amide bonds. The molecule has 0 fully saturated rings. The molecule has 0 bridgehead atoms. The normalized spacial score (nSPS) is 15.0. The third kappa shape index (κ3) is 4.81. The molecule has 1 aliphatic heterocycles. The summed E-state index contributed by atoms with van der Waals surface area (Å²) < 4.78 is 10.0. The molecule has 0 spiro atoms. The molecule has 190 valence electrons. The van der Waals surface area contributed by atoms with Crippen molar-refractivity contribution in [2.24, 2.45) is 5.73 Å². The second-order valence-corrected chi connectivity index (χ2v) is 8.08. The van der Waals surface area contributed by atoms with Crippen LogP contribution in [0.5, 0.6) is 0 Å². The molecular weight excluding hydrogens is 486 g/mol. The Morgan fingerprint density at radius 3 is 2.24 bits per heavy atom. The highest BCUT2D eigenvalue weighted by atomic mass is 16.5. The summed E-state index contributed by atoms with van der Waals surface area (Å²) in [6, 6.07) is 20.3. The largest absolute Gasteiger partial charge is 0.466 e. The van der Waals surface area contributed by atoms with E-state index in [4.69, 9.17) is 15.2 Å². The number of rotatable bonds is 6. The van der Waals surface area contributed by atoms with E-state index in [-0.39, 0.29) is 28.6 Å². The van der Waals surface area contributed by atoms with Gasteiger partial charge in [0.1, 0.15) is 11.5 Å². The first-order valence-corrected chi connectivity index (χ1v) is 11.4. The highest BCUT2D eigenvalue weighted by Crippen LogP contribution is 2.43. The van der Waals surface area contributed by atoms with Gasteiger partial charge in [-0.2, -0.15) is 5.26 Å². The summed E-state index contributed by atoms with van der Waals surface area (Å²) >= 11 is 0. The van der Waals surface area contributed by atoms with Crippen LogP contribution in [0.25, 0.3) is 0 Å². The smallest absolute Gasteiger partial charge is 0.355 e. The number of hydrogen-bond acceptors (Lipinski definition) is 9. The molecule has 0 saturated carbocycles. The van der Waals surface area contributed by atoms with Crippen LogP contribution in [0.15, 0.2) is 102 Å². The molecule has 0 radical (unpaired) electrons. The minimum atomic E-state index is -0.969. The Morgan fingerprint density at radius 1 is 0.974 bits per heavy atom. The number of nitrogens with one attached hydrogen (secondary N) is 1. The minimum absolute atomic E-state index is 0.0441. The molecule has 4 rings (SSSR count). The number of pyridine rings is 1. The molecular formula is C28H23N5O5. The lowest BCUT2D eigenvalue weighted by molar-refractivity contribution is -0.139. The number of hydrogen-bond donors (Lipinski definition) is 2. The van der Waals surface area contributed by atoms with Gasteiger partial charge >= 0.3 is 11.9 Å². The van der Waals surface area contributed by atoms with E-state index >= 15 is 0 Å². The number of amides is 1. The summed E-state index contributed by atoms with van der Waals surface area (Å²) in [5.41, 5.74) is 7.95. The standard InChI is InChI=1S/C28H23N5O5/c1-37-27(35)23-22(17-7-4-3-5-8-17)21(15-29)25(30)33(24(23)28(36)38-2)20-12-10-18(11-13-20)26(34)32-19-9-6-14-31-16-19/h3-14,16,22H,30H2,1-2H3,(H,32,34). The SMILES string of the molecule is COC(=O)C1=C(C(=O)OC)N(c2ccc(C(=O)Nc3cccnc3)cc2)C(N)=C(C#N)C1c1ccccc1. The van der Waals surface area contributed by atoms with Gasteiger partial charge in [-0.25, -0.2) is 9.59 Å². The molecule has 0 aliphatic carbocycles. The van der Waals surface area contributed by atoms with E-state index in [0.717, 1.165) is 0 Å². The number of nitriles is 1. The lowest BCUT2D eigenvalue weighted by Gasteiger charge is -2.35. The molecule has 3 aromatic rings. The monoisotopic (exact) mass is 509 g/mol. The number of aromatic nitrogens is 1. The maximum absolute atomic E-state index is 13.1. The summed E-state index contributed by atoms with van der Waals surface area (Å²) in [4.78, 5) is 44.1. The minimum Gasteiger partial charge on any atom is -0.466 e. The summed E-state index contributed by atoms with van der Waals surface area (Å²) in [5.74, 6) is -3.10. The third-order valence-corrected chi connectivity index (χ3v) is 5.92. The Labute approximate surface area is 218 Å². The molecule has 1 unspecified atom stereocenters. The van der Waals surface area contributed by atoms with E-state index in [1.807, 2.05) is 0 Å². The first-order chi connectivity index (χ1) is 18.4. The van der Waals surface area contributed by atoms with Crippen LogP contribution >= 0.6 is 0 Å². The molecule has 0 saturated heterocycles. The van der Waals surface area contributed by atoms with Gasteiger partial charge in [-0.05, 0) is 42.0 Å². The molecule has 38 heavy (non-hydrogen) atoms. The predicted molar refractivity (Wildman–Crippen MR) is 138 cm³/mol. The maximum atomic E-state index is 13.1. The van der Waals surface area contributed by atoms with Gasteiger partial charge in [0.2, 0.25) is 0 Å². The maximum Gasteiger partial charge on any atom is 0.355 e. The molecule has 10 heteroatoms. The van der Waals surface area contributed by atoms with Crippen LogP contribution in [0.1, 0.15) is 21.8 Å². The van der Waals surface area contributed by atoms with Gasteiger partial charge in [0.25, 0.3) is 5.91 Å². The molecule has 3 N–H and O–H groups in total. The van der Waals surface area contributed by atoms with E-state index in [2.05, 4.69) is 16.4 Å². The van der Waals surface area contributed by atoms with Crippen molar-refractivity contribution < 1.29 is 23.9 Å². The Balaban J connectivity index is 1.84. The van der Waals surface area contributed by atoms with Gasteiger partial charge in [0.15, 0.2) is 0 Å². The lowest BCUT2D eigenvalue weighted by Crippen LogP contribution is -2.40. The summed E-state index contributed by atoms with van der Waals surface area (Å²) in [6.45, 7) is 0. The number of esters is 2. The van der Waals surface area contributed by atoms with Crippen molar-refractivity contribution in [1.29, 1.82) is 5.26 Å². The van der Waals surface area contributed by atoms with Gasteiger partial charge < -0.3 is 20.5 Å². The number of ether oxygens (including phenoxy) is 2. The van der Waals surface area contributed by atoms with Crippen molar-refractivity contribution in [3.05, 3.63) is 113 Å². The van der Waals surface area contributed by atoms with Crippen molar-refractivity contribution in [3.63, 3.8) is 0 Å². The average Bonchev–Trinajstić information content (AvgIpc) is 2.96. The number of nitrogens with two attached hydrogens (primary N) is 1. The topological polar surface area (TPSA) is 148 Å². The fourth-order valence-corrected chi connectivity index (χ4v) is 4.18. The zero-order valence-electron chi connectivity index (χ0n) is 20.5. The highest BCUT2D eigenvalue weighted by Gasteiger charge is 2.42. The van der Waals surface area contributed by atoms with E-state index in [9.17, 15) is 19.6 Å². The van der Waals surface area contributed by atoms with Crippen molar-refractivity contribution in [2.75, 3.05) is 24.4 Å². The van der Waals surface area contributed by atoms with Crippen LogP contribution in [0.4, 0.5) is 11.4 Å². The predicted octanol–water partition coefficient (Wildman–Crippen LogP) is 3.23.